The predicted molar refractivity (Wildman–Crippen MR) is 55.2 cm³/mol. The molecule has 0 aliphatic rings. The highest BCUT2D eigenvalue weighted by Crippen LogP contribution is 2.23. The lowest BCUT2D eigenvalue weighted by Crippen LogP contribution is -2.01. The Morgan fingerprint density at radius 1 is 1.50 bits per heavy atom. The minimum absolute atomic E-state index is 0.000694. The van der Waals surface area contributed by atoms with Gasteiger partial charge in [0, 0.05) is 11.5 Å². The first kappa shape index (κ1) is 10.4. The maximum Gasteiger partial charge on any atom is 0.336 e. The largest absolute Gasteiger partial charge is 0.481 e. The molecule has 1 aromatic carbocycles. The zero-order valence-corrected chi connectivity index (χ0v) is 8.40. The lowest BCUT2D eigenvalue weighted by molar-refractivity contribution is 0.0698. The van der Waals surface area contributed by atoms with Crippen LogP contribution in [0.25, 0.3) is 10.9 Å². The third-order valence-corrected chi connectivity index (χ3v) is 2.21. The van der Waals surface area contributed by atoms with Gasteiger partial charge in [-0.15, -0.1) is 0 Å². The number of fused-ring (bicyclic) bond motifs is 1. The summed E-state index contributed by atoms with van der Waals surface area (Å²) < 4.78 is 18.3. The van der Waals surface area contributed by atoms with Crippen molar-refractivity contribution in [1.82, 2.24) is 4.98 Å². The molecule has 0 spiro atoms. The molecule has 0 saturated carbocycles. The fourth-order valence-corrected chi connectivity index (χ4v) is 1.47. The first-order valence-electron chi connectivity index (χ1n) is 4.50. The highest BCUT2D eigenvalue weighted by atomic mass is 19.1. The summed E-state index contributed by atoms with van der Waals surface area (Å²) in [7, 11) is 1.35. The van der Waals surface area contributed by atoms with Crippen LogP contribution in [0.2, 0.25) is 0 Å². The molecule has 1 heterocycles. The van der Waals surface area contributed by atoms with E-state index in [1.54, 1.807) is 0 Å². The van der Waals surface area contributed by atoms with Crippen LogP contribution in [-0.2, 0) is 0 Å². The zero-order valence-electron chi connectivity index (χ0n) is 8.40. The molecule has 0 unspecified atom stereocenters. The molecule has 0 aliphatic heterocycles. The molecule has 1 N–H and O–H groups in total. The van der Waals surface area contributed by atoms with Gasteiger partial charge in [-0.05, 0) is 6.07 Å². The predicted octanol–water partition coefficient (Wildman–Crippen LogP) is 2.08. The van der Waals surface area contributed by atoms with Crippen molar-refractivity contribution in [1.29, 1.82) is 0 Å². The Bertz CT molecular complexity index is 568. The number of carboxylic acids is 1. The van der Waals surface area contributed by atoms with Gasteiger partial charge in [-0.3, -0.25) is 0 Å². The fourth-order valence-electron chi connectivity index (χ4n) is 1.47. The van der Waals surface area contributed by atoms with Crippen molar-refractivity contribution in [2.24, 2.45) is 0 Å². The van der Waals surface area contributed by atoms with E-state index in [-0.39, 0.29) is 22.3 Å². The van der Waals surface area contributed by atoms with E-state index in [2.05, 4.69) is 4.98 Å². The molecule has 0 aliphatic carbocycles. The van der Waals surface area contributed by atoms with Gasteiger partial charge in [0.05, 0.1) is 12.7 Å². The maximum absolute atomic E-state index is 13.4. The number of methoxy groups -OCH3 is 1. The Morgan fingerprint density at radius 2 is 2.25 bits per heavy atom. The molecule has 2 aromatic rings. The van der Waals surface area contributed by atoms with Crippen molar-refractivity contribution in [2.75, 3.05) is 7.11 Å². The number of hydrogen-bond donors (Lipinski definition) is 1. The summed E-state index contributed by atoms with van der Waals surface area (Å²) in [5.41, 5.74) is -0.0272. The number of para-hydroxylation sites is 1. The van der Waals surface area contributed by atoms with E-state index in [1.807, 2.05) is 0 Å². The number of aromatic nitrogens is 1. The number of benzene rings is 1. The summed E-state index contributed by atoms with van der Waals surface area (Å²) in [6.07, 6.45) is 0. The Kier molecular flexibility index (Phi) is 2.44. The third-order valence-electron chi connectivity index (χ3n) is 2.21. The van der Waals surface area contributed by atoms with E-state index < -0.39 is 11.8 Å². The van der Waals surface area contributed by atoms with Crippen molar-refractivity contribution in [3.05, 3.63) is 35.6 Å². The van der Waals surface area contributed by atoms with E-state index in [0.717, 1.165) is 0 Å². The zero-order chi connectivity index (χ0) is 11.7. The van der Waals surface area contributed by atoms with Gasteiger partial charge in [0.15, 0.2) is 0 Å². The van der Waals surface area contributed by atoms with Crippen molar-refractivity contribution in [3.8, 4) is 5.88 Å². The second-order valence-electron chi connectivity index (χ2n) is 3.15. The number of halogens is 1. The number of pyridine rings is 1. The molecule has 82 valence electrons. The van der Waals surface area contributed by atoms with E-state index in [1.165, 1.54) is 31.4 Å². The standard InChI is InChI=1S/C11H8FNO3/c1-16-9-5-7(11(14)15)6-3-2-4-8(12)10(6)13-9/h2-5H,1H3,(H,14,15). The average Bonchev–Trinajstić information content (AvgIpc) is 2.28. The number of carbonyl (C=O) groups is 1. The molecular weight excluding hydrogens is 213 g/mol. The molecule has 0 bridgehead atoms. The fraction of sp³-hybridized carbons (Fsp3) is 0.0909. The van der Waals surface area contributed by atoms with Crippen LogP contribution in [0.15, 0.2) is 24.3 Å². The molecule has 4 nitrogen and oxygen atoms in total. The van der Waals surface area contributed by atoms with E-state index >= 15 is 0 Å². The van der Waals surface area contributed by atoms with Gasteiger partial charge in [-0.1, -0.05) is 12.1 Å². The molecule has 0 saturated heterocycles. The first-order valence-corrected chi connectivity index (χ1v) is 4.50. The molecule has 0 radical (unpaired) electrons. The number of aromatic carboxylic acids is 1. The van der Waals surface area contributed by atoms with Crippen molar-refractivity contribution in [2.45, 2.75) is 0 Å². The molecule has 16 heavy (non-hydrogen) atoms. The van der Waals surface area contributed by atoms with Crippen LogP contribution in [0.3, 0.4) is 0 Å². The number of nitrogens with zero attached hydrogens (tertiary/aromatic N) is 1. The van der Waals surface area contributed by atoms with Gasteiger partial charge in [-0.25, -0.2) is 14.2 Å². The normalized spacial score (nSPS) is 10.4. The smallest absolute Gasteiger partial charge is 0.336 e. The van der Waals surface area contributed by atoms with Gasteiger partial charge in [0.2, 0.25) is 5.88 Å². The summed E-state index contributed by atoms with van der Waals surface area (Å²) in [5.74, 6) is -1.63. The van der Waals surface area contributed by atoms with Crippen LogP contribution in [-0.4, -0.2) is 23.2 Å². The summed E-state index contributed by atoms with van der Waals surface area (Å²) in [6.45, 7) is 0. The summed E-state index contributed by atoms with van der Waals surface area (Å²) in [5, 5.41) is 9.25. The van der Waals surface area contributed by atoms with Gasteiger partial charge < -0.3 is 9.84 Å². The lowest BCUT2D eigenvalue weighted by Gasteiger charge is -2.05. The summed E-state index contributed by atoms with van der Waals surface area (Å²) >= 11 is 0. The van der Waals surface area contributed by atoms with Crippen LogP contribution >= 0.6 is 0 Å². The number of carboxylic acid groups (broad SMARTS) is 1. The highest BCUT2D eigenvalue weighted by molar-refractivity contribution is 6.02. The van der Waals surface area contributed by atoms with Crippen LogP contribution in [0, 0.1) is 5.82 Å². The second kappa shape index (κ2) is 3.77. The molecule has 0 amide bonds. The Morgan fingerprint density at radius 3 is 2.88 bits per heavy atom. The van der Waals surface area contributed by atoms with Crippen molar-refractivity contribution in [3.63, 3.8) is 0 Å². The van der Waals surface area contributed by atoms with Crippen molar-refractivity contribution < 1.29 is 19.0 Å². The van der Waals surface area contributed by atoms with Gasteiger partial charge in [0.1, 0.15) is 11.3 Å². The average molecular weight is 221 g/mol. The minimum Gasteiger partial charge on any atom is -0.481 e. The lowest BCUT2D eigenvalue weighted by atomic mass is 10.1. The van der Waals surface area contributed by atoms with Gasteiger partial charge >= 0.3 is 5.97 Å². The molecule has 2 rings (SSSR count). The summed E-state index contributed by atoms with van der Waals surface area (Å²) in [6, 6.07) is 5.44. The Hall–Kier alpha value is -2.17. The quantitative estimate of drug-likeness (QED) is 0.843. The Balaban J connectivity index is 2.87. The number of ether oxygens (including phenoxy) is 1. The second-order valence-corrected chi connectivity index (χ2v) is 3.15. The molecule has 0 fully saturated rings. The summed E-state index contributed by atoms with van der Waals surface area (Å²) in [4.78, 5) is 14.9. The van der Waals surface area contributed by atoms with Crippen molar-refractivity contribution >= 4 is 16.9 Å². The van der Waals surface area contributed by atoms with Crippen LogP contribution in [0.5, 0.6) is 5.88 Å². The molecular formula is C11H8FNO3. The number of hydrogen-bond acceptors (Lipinski definition) is 3. The van der Waals surface area contributed by atoms with E-state index in [9.17, 15) is 9.18 Å². The van der Waals surface area contributed by atoms with E-state index in [0.29, 0.717) is 0 Å². The van der Waals surface area contributed by atoms with Gasteiger partial charge in [0.25, 0.3) is 0 Å². The van der Waals surface area contributed by atoms with E-state index in [4.69, 9.17) is 9.84 Å². The first-order chi connectivity index (χ1) is 7.63. The maximum atomic E-state index is 13.4. The monoisotopic (exact) mass is 221 g/mol. The third kappa shape index (κ3) is 1.56. The van der Waals surface area contributed by atoms with Crippen LogP contribution in [0.4, 0.5) is 4.39 Å². The Labute approximate surface area is 90.3 Å². The molecule has 0 atom stereocenters. The number of rotatable bonds is 2. The molecule has 5 heteroatoms. The highest BCUT2D eigenvalue weighted by Gasteiger charge is 2.14. The molecule has 1 aromatic heterocycles. The van der Waals surface area contributed by atoms with Gasteiger partial charge in [-0.2, -0.15) is 0 Å². The van der Waals surface area contributed by atoms with Crippen LogP contribution < -0.4 is 4.74 Å². The van der Waals surface area contributed by atoms with Crippen LogP contribution in [0.1, 0.15) is 10.4 Å². The topological polar surface area (TPSA) is 59.4 Å². The SMILES string of the molecule is COc1cc(C(=O)O)c2cccc(F)c2n1. The minimum atomic E-state index is -1.14.